The molecule has 20 heavy (non-hydrogen) atoms. The van der Waals surface area contributed by atoms with Crippen LogP contribution < -0.4 is 10.6 Å². The van der Waals surface area contributed by atoms with Gasteiger partial charge >= 0.3 is 0 Å². The standard InChI is InChI=1S/C13H16ClN3O3/c14-10-5-9(11(15)18)6-16-12(10)17-2-4-20-13(7-17)1-3-19-8-13/h5-6H,1-4,7-8H2,(H2,15,18). The van der Waals surface area contributed by atoms with Crippen molar-refractivity contribution >= 4 is 23.3 Å². The fourth-order valence-corrected chi connectivity index (χ4v) is 2.94. The summed E-state index contributed by atoms with van der Waals surface area (Å²) < 4.78 is 11.3. The molecule has 0 bridgehead atoms. The molecule has 2 aliphatic rings. The smallest absolute Gasteiger partial charge is 0.250 e. The summed E-state index contributed by atoms with van der Waals surface area (Å²) in [4.78, 5) is 17.5. The van der Waals surface area contributed by atoms with Gasteiger partial charge in [-0.1, -0.05) is 11.6 Å². The Bertz CT molecular complexity index is 532. The minimum absolute atomic E-state index is 0.258. The summed E-state index contributed by atoms with van der Waals surface area (Å²) in [6.45, 7) is 3.33. The predicted octanol–water partition coefficient (Wildman–Crippen LogP) is 0.830. The maximum atomic E-state index is 11.1. The second kappa shape index (κ2) is 5.20. The highest BCUT2D eigenvalue weighted by Crippen LogP contribution is 2.32. The van der Waals surface area contributed by atoms with Crippen molar-refractivity contribution in [1.82, 2.24) is 4.98 Å². The number of ether oxygens (including phenoxy) is 2. The monoisotopic (exact) mass is 297 g/mol. The predicted molar refractivity (Wildman–Crippen MR) is 74.1 cm³/mol. The van der Waals surface area contributed by atoms with Crippen molar-refractivity contribution in [3.8, 4) is 0 Å². The SMILES string of the molecule is NC(=O)c1cnc(N2CCOC3(CCOC3)C2)c(Cl)c1. The zero-order chi connectivity index (χ0) is 14.2. The van der Waals surface area contributed by atoms with Gasteiger partial charge in [0.15, 0.2) is 0 Å². The molecule has 1 amide bonds. The first-order valence-corrected chi connectivity index (χ1v) is 6.89. The third-order valence-corrected chi connectivity index (χ3v) is 4.00. The number of carbonyl (C=O) groups is 1. The van der Waals surface area contributed by atoms with Crippen LogP contribution in [0.2, 0.25) is 5.02 Å². The molecule has 0 radical (unpaired) electrons. The van der Waals surface area contributed by atoms with Gasteiger partial charge in [-0.15, -0.1) is 0 Å². The van der Waals surface area contributed by atoms with Crippen molar-refractivity contribution in [2.45, 2.75) is 12.0 Å². The maximum absolute atomic E-state index is 11.1. The number of hydrogen-bond acceptors (Lipinski definition) is 5. The van der Waals surface area contributed by atoms with Gasteiger partial charge in [0, 0.05) is 25.8 Å². The molecule has 1 spiro atoms. The van der Waals surface area contributed by atoms with Gasteiger partial charge in [0.2, 0.25) is 5.91 Å². The van der Waals surface area contributed by atoms with Crippen LogP contribution in [0.3, 0.4) is 0 Å². The van der Waals surface area contributed by atoms with Crippen LogP contribution in [0.15, 0.2) is 12.3 Å². The average Bonchev–Trinajstić information content (AvgIpc) is 2.86. The van der Waals surface area contributed by atoms with Crippen LogP contribution in [-0.2, 0) is 9.47 Å². The van der Waals surface area contributed by atoms with Crippen molar-refractivity contribution in [2.75, 3.05) is 37.8 Å². The minimum atomic E-state index is -0.534. The number of amides is 1. The van der Waals surface area contributed by atoms with Crippen LogP contribution in [-0.4, -0.2) is 49.4 Å². The number of primary amides is 1. The Balaban J connectivity index is 1.83. The molecule has 2 saturated heterocycles. The maximum Gasteiger partial charge on any atom is 0.250 e. The van der Waals surface area contributed by atoms with E-state index in [0.29, 0.717) is 42.7 Å². The Labute approximate surface area is 121 Å². The lowest BCUT2D eigenvalue weighted by Crippen LogP contribution is -2.52. The summed E-state index contributed by atoms with van der Waals surface area (Å²) in [5.41, 5.74) is 5.27. The van der Waals surface area contributed by atoms with E-state index < -0.39 is 5.91 Å². The van der Waals surface area contributed by atoms with Gasteiger partial charge in [-0.3, -0.25) is 4.79 Å². The molecule has 0 saturated carbocycles. The largest absolute Gasteiger partial charge is 0.378 e. The van der Waals surface area contributed by atoms with Crippen LogP contribution in [0.25, 0.3) is 0 Å². The number of nitrogens with two attached hydrogens (primary N) is 1. The van der Waals surface area contributed by atoms with Crippen LogP contribution in [0.1, 0.15) is 16.8 Å². The number of nitrogens with zero attached hydrogens (tertiary/aromatic N) is 2. The third-order valence-electron chi connectivity index (χ3n) is 3.72. The number of anilines is 1. The van der Waals surface area contributed by atoms with Crippen molar-refractivity contribution in [1.29, 1.82) is 0 Å². The van der Waals surface area contributed by atoms with E-state index in [1.54, 1.807) is 6.07 Å². The Morgan fingerprint density at radius 2 is 2.35 bits per heavy atom. The molecule has 7 heteroatoms. The van der Waals surface area contributed by atoms with Gasteiger partial charge in [0.25, 0.3) is 0 Å². The summed E-state index contributed by atoms with van der Waals surface area (Å²) in [7, 11) is 0. The molecular weight excluding hydrogens is 282 g/mol. The molecule has 0 aromatic carbocycles. The molecule has 0 aliphatic carbocycles. The van der Waals surface area contributed by atoms with E-state index in [-0.39, 0.29) is 5.60 Å². The van der Waals surface area contributed by atoms with Gasteiger partial charge in [-0.25, -0.2) is 4.98 Å². The van der Waals surface area contributed by atoms with Gasteiger partial charge in [0.1, 0.15) is 11.4 Å². The van der Waals surface area contributed by atoms with E-state index in [1.165, 1.54) is 6.20 Å². The highest BCUT2D eigenvalue weighted by atomic mass is 35.5. The molecule has 1 aromatic heterocycles. The van der Waals surface area contributed by atoms with E-state index in [0.717, 1.165) is 13.0 Å². The Hall–Kier alpha value is -1.37. The molecular formula is C13H16ClN3O3. The summed E-state index contributed by atoms with van der Waals surface area (Å²) >= 11 is 6.22. The van der Waals surface area contributed by atoms with E-state index >= 15 is 0 Å². The zero-order valence-corrected chi connectivity index (χ0v) is 11.7. The van der Waals surface area contributed by atoms with E-state index in [4.69, 9.17) is 26.8 Å². The molecule has 1 atom stereocenters. The number of rotatable bonds is 2. The van der Waals surface area contributed by atoms with E-state index in [2.05, 4.69) is 9.88 Å². The summed E-state index contributed by atoms with van der Waals surface area (Å²) in [6.07, 6.45) is 2.33. The topological polar surface area (TPSA) is 77.7 Å². The number of morpholine rings is 1. The molecule has 2 N–H and O–H groups in total. The quantitative estimate of drug-likeness (QED) is 0.875. The molecule has 3 heterocycles. The van der Waals surface area contributed by atoms with Gasteiger partial charge in [-0.2, -0.15) is 0 Å². The first-order valence-electron chi connectivity index (χ1n) is 6.52. The molecule has 6 nitrogen and oxygen atoms in total. The third kappa shape index (κ3) is 2.46. The number of halogens is 1. The van der Waals surface area contributed by atoms with E-state index in [9.17, 15) is 4.79 Å². The number of aromatic nitrogens is 1. The summed E-state index contributed by atoms with van der Waals surface area (Å²) in [5, 5.41) is 0.428. The highest BCUT2D eigenvalue weighted by Gasteiger charge is 2.41. The lowest BCUT2D eigenvalue weighted by atomic mass is 10.0. The number of carbonyl (C=O) groups excluding carboxylic acids is 1. The molecule has 108 valence electrons. The Morgan fingerprint density at radius 3 is 3.00 bits per heavy atom. The lowest BCUT2D eigenvalue weighted by molar-refractivity contribution is -0.0581. The molecule has 2 aliphatic heterocycles. The fourth-order valence-electron chi connectivity index (χ4n) is 2.65. The number of pyridine rings is 1. The second-order valence-corrected chi connectivity index (χ2v) is 5.56. The fraction of sp³-hybridized carbons (Fsp3) is 0.538. The van der Waals surface area contributed by atoms with Gasteiger partial charge in [0.05, 0.1) is 30.3 Å². The number of hydrogen-bond donors (Lipinski definition) is 1. The molecule has 1 unspecified atom stereocenters. The zero-order valence-electron chi connectivity index (χ0n) is 11.0. The molecule has 2 fully saturated rings. The van der Waals surface area contributed by atoms with Crippen molar-refractivity contribution in [3.05, 3.63) is 22.8 Å². The van der Waals surface area contributed by atoms with Crippen LogP contribution in [0.4, 0.5) is 5.82 Å². The van der Waals surface area contributed by atoms with Gasteiger partial charge in [-0.05, 0) is 6.07 Å². The normalized spacial score (nSPS) is 26.1. The Kier molecular flexibility index (Phi) is 3.54. The lowest BCUT2D eigenvalue weighted by Gasteiger charge is -2.40. The van der Waals surface area contributed by atoms with E-state index in [1.807, 2.05) is 0 Å². The highest BCUT2D eigenvalue weighted by molar-refractivity contribution is 6.33. The van der Waals surface area contributed by atoms with Gasteiger partial charge < -0.3 is 20.1 Å². The summed E-state index contributed by atoms with van der Waals surface area (Å²) in [5.74, 6) is 0.125. The average molecular weight is 298 g/mol. The molecule has 3 rings (SSSR count). The second-order valence-electron chi connectivity index (χ2n) is 5.15. The van der Waals surface area contributed by atoms with Crippen molar-refractivity contribution in [3.63, 3.8) is 0 Å². The van der Waals surface area contributed by atoms with Crippen molar-refractivity contribution < 1.29 is 14.3 Å². The van der Waals surface area contributed by atoms with Crippen molar-refractivity contribution in [2.24, 2.45) is 5.73 Å². The first-order chi connectivity index (χ1) is 9.60. The minimum Gasteiger partial charge on any atom is -0.378 e. The molecule has 1 aromatic rings. The van der Waals surface area contributed by atoms with Crippen LogP contribution >= 0.6 is 11.6 Å². The first kappa shape index (κ1) is 13.6. The van der Waals surface area contributed by atoms with Crippen LogP contribution in [0, 0.1) is 0 Å². The van der Waals surface area contributed by atoms with Crippen LogP contribution in [0.5, 0.6) is 0 Å². The summed E-state index contributed by atoms with van der Waals surface area (Å²) in [6, 6.07) is 1.56. The Morgan fingerprint density at radius 1 is 1.50 bits per heavy atom.